The molecule has 2 amide bonds. The molecule has 258 valence electrons. The summed E-state index contributed by atoms with van der Waals surface area (Å²) < 4.78 is 35.6. The minimum atomic E-state index is -4.20. The molecule has 2 saturated heterocycles. The van der Waals surface area contributed by atoms with Crippen LogP contribution in [0.1, 0.15) is 40.8 Å². The van der Waals surface area contributed by atoms with Crippen molar-refractivity contribution >= 4 is 62.0 Å². The van der Waals surface area contributed by atoms with Gasteiger partial charge in [0.1, 0.15) is 28.8 Å². The Hall–Kier alpha value is -4.47. The van der Waals surface area contributed by atoms with Gasteiger partial charge in [0, 0.05) is 60.5 Å². The van der Waals surface area contributed by atoms with Gasteiger partial charge in [0.15, 0.2) is 0 Å². The molecule has 0 unspecified atom stereocenters. The Morgan fingerprint density at radius 2 is 1.72 bits per heavy atom. The number of aryl methyl sites for hydroxylation is 2. The molecule has 0 radical (unpaired) electrons. The summed E-state index contributed by atoms with van der Waals surface area (Å²) in [4.78, 5) is 34.3. The van der Waals surface area contributed by atoms with E-state index in [1.54, 1.807) is 46.2 Å². The lowest BCUT2D eigenvalue weighted by molar-refractivity contribution is -0.139. The average Bonchev–Trinajstić information content (AvgIpc) is 3.62. The summed E-state index contributed by atoms with van der Waals surface area (Å²) in [6.45, 7) is 5.18. The van der Waals surface area contributed by atoms with Crippen LogP contribution in [0, 0.1) is 25.2 Å². The number of aromatic nitrogens is 1. The van der Waals surface area contributed by atoms with Crippen LogP contribution in [-0.2, 0) is 26.2 Å². The van der Waals surface area contributed by atoms with E-state index in [1.165, 1.54) is 22.5 Å². The van der Waals surface area contributed by atoms with Crippen molar-refractivity contribution in [2.45, 2.75) is 44.2 Å². The highest BCUT2D eigenvalue weighted by atomic mass is 35.5. The second-order valence-electron chi connectivity index (χ2n) is 12.4. The van der Waals surface area contributed by atoms with Crippen molar-refractivity contribution in [3.05, 3.63) is 105 Å². The molecule has 1 aromatic heterocycles. The summed E-state index contributed by atoms with van der Waals surface area (Å²) in [6, 6.07) is 18.5. The van der Waals surface area contributed by atoms with E-state index in [0.717, 1.165) is 22.2 Å². The minimum Gasteiger partial charge on any atom is -0.487 e. The second-order valence-corrected chi connectivity index (χ2v) is 15.0. The Labute approximate surface area is 301 Å². The molecule has 2 aliphatic heterocycles. The van der Waals surface area contributed by atoms with E-state index < -0.39 is 16.1 Å². The van der Waals surface area contributed by atoms with E-state index in [9.17, 15) is 18.0 Å². The molecule has 50 heavy (non-hydrogen) atoms. The van der Waals surface area contributed by atoms with Crippen molar-refractivity contribution in [3.63, 3.8) is 0 Å². The van der Waals surface area contributed by atoms with Crippen molar-refractivity contribution in [2.24, 2.45) is 0 Å². The zero-order valence-corrected chi connectivity index (χ0v) is 29.9. The van der Waals surface area contributed by atoms with E-state index in [-0.39, 0.29) is 53.0 Å². The van der Waals surface area contributed by atoms with E-state index in [0.29, 0.717) is 48.3 Å². The SMILES string of the molecule is Cc1cc(C)c2cccc(OCc3c(Cl)ccc(S(=O)(=O)N4CCC[C@H]4C(=O)N4CCN(C(=O)C=Cc5ccc(C#N)cc5)CC4)c3Cl)c2n1. The Kier molecular flexibility index (Phi) is 10.5. The number of nitriles is 1. The topological polar surface area (TPSA) is 124 Å². The van der Waals surface area contributed by atoms with E-state index in [1.807, 2.05) is 32.0 Å². The number of carbonyl (C=O) groups is 2. The molecule has 2 aliphatic rings. The van der Waals surface area contributed by atoms with Gasteiger partial charge in [-0.25, -0.2) is 13.4 Å². The summed E-state index contributed by atoms with van der Waals surface area (Å²) in [6.07, 6.45) is 4.05. The fourth-order valence-electron chi connectivity index (χ4n) is 6.43. The molecular weight excluding hydrogens is 697 g/mol. The highest BCUT2D eigenvalue weighted by Crippen LogP contribution is 2.37. The fourth-order valence-corrected chi connectivity index (χ4v) is 8.94. The van der Waals surface area contributed by atoms with Crippen LogP contribution in [0.2, 0.25) is 10.0 Å². The average molecular weight is 733 g/mol. The zero-order chi connectivity index (χ0) is 35.6. The maximum absolute atomic E-state index is 14.1. The Balaban J connectivity index is 1.13. The number of hydrogen-bond donors (Lipinski definition) is 0. The summed E-state index contributed by atoms with van der Waals surface area (Å²) in [5.74, 6) is 0.0311. The third-order valence-corrected chi connectivity index (χ3v) is 11.9. The molecule has 6 rings (SSSR count). The van der Waals surface area contributed by atoms with Crippen LogP contribution in [0.15, 0.2) is 71.6 Å². The number of carbonyl (C=O) groups excluding carboxylic acids is 2. The highest BCUT2D eigenvalue weighted by molar-refractivity contribution is 7.89. The molecule has 0 bridgehead atoms. The highest BCUT2D eigenvalue weighted by Gasteiger charge is 2.42. The lowest BCUT2D eigenvalue weighted by atomic mass is 10.1. The first kappa shape index (κ1) is 35.4. The van der Waals surface area contributed by atoms with Gasteiger partial charge in [0.05, 0.1) is 16.7 Å². The summed E-state index contributed by atoms with van der Waals surface area (Å²) in [7, 11) is -4.20. The second kappa shape index (κ2) is 14.8. The van der Waals surface area contributed by atoms with E-state index in [4.69, 9.17) is 33.2 Å². The zero-order valence-electron chi connectivity index (χ0n) is 27.6. The number of amides is 2. The number of nitrogens with zero attached hydrogens (tertiary/aromatic N) is 5. The van der Waals surface area contributed by atoms with Gasteiger partial charge in [0.25, 0.3) is 0 Å². The molecule has 3 heterocycles. The fraction of sp³-hybridized carbons (Fsp3) is 0.297. The van der Waals surface area contributed by atoms with Crippen molar-refractivity contribution in [1.82, 2.24) is 19.1 Å². The molecule has 1 atom stereocenters. The molecule has 0 aliphatic carbocycles. The molecule has 4 aromatic rings. The largest absolute Gasteiger partial charge is 0.487 e. The molecular formula is C37H35Cl2N5O5S. The monoisotopic (exact) mass is 731 g/mol. The van der Waals surface area contributed by atoms with Gasteiger partial charge in [-0.05, 0) is 80.3 Å². The molecule has 0 saturated carbocycles. The number of ether oxygens (including phenoxy) is 1. The quantitative estimate of drug-likeness (QED) is 0.199. The molecule has 2 fully saturated rings. The lowest BCUT2D eigenvalue weighted by Crippen LogP contribution is -2.55. The number of halogens is 2. The normalized spacial score (nSPS) is 17.0. The van der Waals surface area contributed by atoms with Crippen molar-refractivity contribution in [3.8, 4) is 11.8 Å². The summed E-state index contributed by atoms with van der Waals surface area (Å²) >= 11 is 13.3. The third-order valence-electron chi connectivity index (χ3n) is 9.10. The van der Waals surface area contributed by atoms with Crippen molar-refractivity contribution < 1.29 is 22.7 Å². The molecule has 13 heteroatoms. The van der Waals surface area contributed by atoms with Gasteiger partial charge >= 0.3 is 0 Å². The van der Waals surface area contributed by atoms with Crippen molar-refractivity contribution in [1.29, 1.82) is 5.26 Å². The maximum Gasteiger partial charge on any atom is 0.246 e. The van der Waals surface area contributed by atoms with Crippen LogP contribution in [0.5, 0.6) is 5.75 Å². The van der Waals surface area contributed by atoms with Crippen molar-refractivity contribution in [2.75, 3.05) is 32.7 Å². The minimum absolute atomic E-state index is 0.0580. The predicted molar refractivity (Wildman–Crippen MR) is 192 cm³/mol. The molecule has 0 spiro atoms. The number of benzene rings is 3. The van der Waals surface area contributed by atoms with E-state index in [2.05, 4.69) is 11.1 Å². The van der Waals surface area contributed by atoms with E-state index >= 15 is 0 Å². The third kappa shape index (κ3) is 7.21. The first-order chi connectivity index (χ1) is 24.0. The number of para-hydroxylation sites is 1. The number of pyridine rings is 1. The van der Waals surface area contributed by atoms with Crippen LogP contribution >= 0.6 is 23.2 Å². The van der Waals surface area contributed by atoms with Crippen LogP contribution in [0.3, 0.4) is 0 Å². The first-order valence-electron chi connectivity index (χ1n) is 16.2. The summed E-state index contributed by atoms with van der Waals surface area (Å²) in [5.41, 5.74) is 4.22. The van der Waals surface area contributed by atoms with Crippen LogP contribution in [0.4, 0.5) is 0 Å². The number of piperazine rings is 1. The van der Waals surface area contributed by atoms with Gasteiger partial charge in [-0.3, -0.25) is 9.59 Å². The summed E-state index contributed by atoms with van der Waals surface area (Å²) in [5, 5.41) is 10.1. The number of rotatable bonds is 8. The molecule has 3 aromatic carbocycles. The van der Waals surface area contributed by atoms with Gasteiger partial charge in [-0.15, -0.1) is 0 Å². The van der Waals surface area contributed by atoms with Crippen LogP contribution in [0.25, 0.3) is 17.0 Å². The predicted octanol–water partition coefficient (Wildman–Crippen LogP) is 6.15. The molecule has 10 nitrogen and oxygen atoms in total. The van der Waals surface area contributed by atoms with Crippen LogP contribution < -0.4 is 4.74 Å². The number of fused-ring (bicyclic) bond motifs is 1. The van der Waals surface area contributed by atoms with Crippen LogP contribution in [-0.4, -0.2) is 78.1 Å². The number of sulfonamides is 1. The Morgan fingerprint density at radius 3 is 2.44 bits per heavy atom. The Bertz CT molecular complexity index is 2140. The van der Waals surface area contributed by atoms with Gasteiger partial charge in [-0.2, -0.15) is 9.57 Å². The number of hydrogen-bond acceptors (Lipinski definition) is 7. The standard InChI is InChI=1S/C37H35Cl2N5O5S/c1-24-21-25(2)41-36-28(24)5-3-7-32(36)49-23-29-30(38)13-14-33(35(29)39)50(47,48)44-16-4-6-31(44)37(46)43-19-17-42(18-20-43)34(45)15-12-26-8-10-27(22-40)11-9-26/h3,5,7-15,21,31H,4,6,16-20,23H2,1-2H3/t31-/m0/s1. The van der Waals surface area contributed by atoms with Gasteiger partial charge in [-0.1, -0.05) is 47.5 Å². The van der Waals surface area contributed by atoms with Gasteiger partial charge in [0.2, 0.25) is 21.8 Å². The smallest absolute Gasteiger partial charge is 0.246 e. The lowest BCUT2D eigenvalue weighted by Gasteiger charge is -2.36. The maximum atomic E-state index is 14.1. The first-order valence-corrected chi connectivity index (χ1v) is 18.4. The van der Waals surface area contributed by atoms with Gasteiger partial charge < -0.3 is 14.5 Å². The molecule has 0 N–H and O–H groups in total. The Morgan fingerprint density at radius 1 is 1.00 bits per heavy atom.